The summed E-state index contributed by atoms with van der Waals surface area (Å²) in [5.74, 6) is -0.281. The Morgan fingerprint density at radius 3 is 2.48 bits per heavy atom. The number of amides is 3. The Kier molecular flexibility index (Phi) is 5.85. The summed E-state index contributed by atoms with van der Waals surface area (Å²) in [7, 11) is 1.49. The number of nitrogens with zero attached hydrogens (tertiary/aromatic N) is 2. The molecule has 1 atom stereocenters. The number of carbonyl (C=O) groups excluding carboxylic acids is 2. The number of halogens is 1. The smallest absolute Gasteiger partial charge is 0.321 e. The molecule has 3 amide bonds. The molecule has 1 aromatic rings. The average Bonchev–Trinajstić information content (AvgIpc) is 2.56. The van der Waals surface area contributed by atoms with Gasteiger partial charge < -0.3 is 10.2 Å². The largest absolute Gasteiger partial charge is 0.369 e. The summed E-state index contributed by atoms with van der Waals surface area (Å²) in [6.07, 6.45) is 0. The molecule has 0 spiro atoms. The van der Waals surface area contributed by atoms with Crippen LogP contribution in [0.1, 0.15) is 12.5 Å². The van der Waals surface area contributed by atoms with Gasteiger partial charge >= 0.3 is 6.03 Å². The first kappa shape index (κ1) is 17.6. The fraction of sp³-hybridized carbons (Fsp3) is 0.500. The lowest BCUT2D eigenvalue weighted by atomic mass is 10.1. The second kappa shape index (κ2) is 7.66. The third kappa shape index (κ3) is 4.36. The van der Waals surface area contributed by atoms with Crippen molar-refractivity contribution >= 4 is 29.2 Å². The normalized spacial score (nSPS) is 16.8. The molecule has 1 aliphatic rings. The number of anilines is 1. The third-order valence-electron chi connectivity index (χ3n) is 4.22. The number of nitrogens with one attached hydrogen (secondary N) is 2. The second-order valence-corrected chi connectivity index (χ2v) is 6.13. The first-order valence-corrected chi connectivity index (χ1v) is 8.08. The minimum Gasteiger partial charge on any atom is -0.369 e. The summed E-state index contributed by atoms with van der Waals surface area (Å²) in [5, 5.41) is 5.44. The first-order chi connectivity index (χ1) is 10.9. The lowest BCUT2D eigenvalue weighted by Crippen LogP contribution is -2.55. The fourth-order valence-corrected chi connectivity index (χ4v) is 2.88. The minimum absolute atomic E-state index is 0.281. The first-order valence-electron chi connectivity index (χ1n) is 7.70. The Balaban J connectivity index is 1.94. The van der Waals surface area contributed by atoms with E-state index in [1.807, 2.05) is 25.1 Å². The van der Waals surface area contributed by atoms with E-state index in [0.717, 1.165) is 36.9 Å². The predicted octanol–water partition coefficient (Wildman–Crippen LogP) is 1.61. The van der Waals surface area contributed by atoms with E-state index >= 15 is 0 Å². The highest BCUT2D eigenvalue weighted by molar-refractivity contribution is 6.30. The van der Waals surface area contributed by atoms with E-state index in [2.05, 4.69) is 27.4 Å². The summed E-state index contributed by atoms with van der Waals surface area (Å²) in [6.45, 7) is 7.04. The Morgan fingerprint density at radius 1 is 1.22 bits per heavy atom. The molecule has 7 heteroatoms. The topological polar surface area (TPSA) is 64.7 Å². The standard InChI is InChI=1S/C16H23ClN4O2/c1-11-4-5-13(17)10-14(11)21-8-6-20(7-9-21)12(2)15(22)19-16(23)18-3/h4-5,10,12H,6-9H2,1-3H3,(H2,18,19,22,23)/t12-/m0/s1. The second-order valence-electron chi connectivity index (χ2n) is 5.70. The maximum absolute atomic E-state index is 12.0. The van der Waals surface area contributed by atoms with Gasteiger partial charge in [0.05, 0.1) is 6.04 Å². The van der Waals surface area contributed by atoms with Crippen molar-refractivity contribution in [1.29, 1.82) is 0 Å². The summed E-state index contributed by atoms with van der Waals surface area (Å²) in [6, 6.07) is 5.07. The van der Waals surface area contributed by atoms with E-state index < -0.39 is 6.03 Å². The van der Waals surface area contributed by atoms with Crippen LogP contribution in [-0.2, 0) is 4.79 Å². The quantitative estimate of drug-likeness (QED) is 0.879. The van der Waals surface area contributed by atoms with Crippen molar-refractivity contribution in [3.8, 4) is 0 Å². The van der Waals surface area contributed by atoms with E-state index in [9.17, 15) is 9.59 Å². The highest BCUT2D eigenvalue weighted by atomic mass is 35.5. The zero-order valence-electron chi connectivity index (χ0n) is 13.7. The van der Waals surface area contributed by atoms with Crippen LogP contribution in [0.4, 0.5) is 10.5 Å². The van der Waals surface area contributed by atoms with Gasteiger partial charge in [-0.3, -0.25) is 15.0 Å². The maximum atomic E-state index is 12.0. The van der Waals surface area contributed by atoms with Gasteiger partial charge in [-0.2, -0.15) is 0 Å². The highest BCUT2D eigenvalue weighted by Gasteiger charge is 2.26. The van der Waals surface area contributed by atoms with Gasteiger partial charge in [0.25, 0.3) is 0 Å². The van der Waals surface area contributed by atoms with Crippen LogP contribution in [0.3, 0.4) is 0 Å². The van der Waals surface area contributed by atoms with Gasteiger partial charge in [0.2, 0.25) is 5.91 Å². The number of urea groups is 1. The van der Waals surface area contributed by atoms with Crippen LogP contribution in [0.25, 0.3) is 0 Å². The SMILES string of the molecule is CNC(=O)NC(=O)[C@H](C)N1CCN(c2cc(Cl)ccc2C)CC1. The van der Waals surface area contributed by atoms with Crippen molar-refractivity contribution in [1.82, 2.24) is 15.5 Å². The van der Waals surface area contributed by atoms with Crippen LogP contribution in [0.5, 0.6) is 0 Å². The van der Waals surface area contributed by atoms with E-state index in [4.69, 9.17) is 11.6 Å². The summed E-state index contributed by atoms with van der Waals surface area (Å²) in [4.78, 5) is 27.6. The lowest BCUT2D eigenvalue weighted by molar-refractivity contribution is -0.124. The highest BCUT2D eigenvalue weighted by Crippen LogP contribution is 2.25. The third-order valence-corrected chi connectivity index (χ3v) is 4.45. The van der Waals surface area contributed by atoms with E-state index in [1.54, 1.807) is 0 Å². The van der Waals surface area contributed by atoms with Crippen molar-refractivity contribution < 1.29 is 9.59 Å². The molecule has 0 saturated carbocycles. The van der Waals surface area contributed by atoms with E-state index in [-0.39, 0.29) is 11.9 Å². The molecule has 1 aliphatic heterocycles. The number of benzene rings is 1. The molecular formula is C16H23ClN4O2. The minimum atomic E-state index is -0.477. The predicted molar refractivity (Wildman–Crippen MR) is 92.0 cm³/mol. The van der Waals surface area contributed by atoms with Crippen molar-refractivity contribution in [2.45, 2.75) is 19.9 Å². The molecule has 0 bridgehead atoms. The molecule has 0 aromatic heterocycles. The molecule has 1 heterocycles. The molecule has 2 N–H and O–H groups in total. The van der Waals surface area contributed by atoms with Crippen molar-refractivity contribution in [3.63, 3.8) is 0 Å². The van der Waals surface area contributed by atoms with Crippen LogP contribution in [0.2, 0.25) is 5.02 Å². The number of carbonyl (C=O) groups is 2. The number of aryl methyl sites for hydroxylation is 1. The fourth-order valence-electron chi connectivity index (χ4n) is 2.72. The van der Waals surface area contributed by atoms with Gasteiger partial charge in [-0.05, 0) is 31.5 Å². The Labute approximate surface area is 141 Å². The van der Waals surface area contributed by atoms with Gasteiger partial charge in [-0.25, -0.2) is 4.79 Å². The molecule has 1 saturated heterocycles. The molecule has 23 heavy (non-hydrogen) atoms. The van der Waals surface area contributed by atoms with Gasteiger partial charge in [0.1, 0.15) is 0 Å². The van der Waals surface area contributed by atoms with Gasteiger partial charge in [0, 0.05) is 43.9 Å². The number of rotatable bonds is 3. The molecule has 6 nitrogen and oxygen atoms in total. The van der Waals surface area contributed by atoms with Crippen molar-refractivity contribution in [2.75, 3.05) is 38.1 Å². The van der Waals surface area contributed by atoms with Crippen LogP contribution < -0.4 is 15.5 Å². The van der Waals surface area contributed by atoms with Gasteiger partial charge in [0.15, 0.2) is 0 Å². The molecule has 1 aromatic carbocycles. The van der Waals surface area contributed by atoms with Crippen molar-refractivity contribution in [3.05, 3.63) is 28.8 Å². The van der Waals surface area contributed by atoms with Crippen molar-refractivity contribution in [2.24, 2.45) is 0 Å². The number of piperazine rings is 1. The summed E-state index contributed by atoms with van der Waals surface area (Å²) in [5.41, 5.74) is 2.33. The zero-order valence-corrected chi connectivity index (χ0v) is 14.5. The molecular weight excluding hydrogens is 316 g/mol. The maximum Gasteiger partial charge on any atom is 0.321 e. The molecule has 0 radical (unpaired) electrons. The van der Waals surface area contributed by atoms with E-state index in [1.165, 1.54) is 12.6 Å². The summed E-state index contributed by atoms with van der Waals surface area (Å²) >= 11 is 6.09. The van der Waals surface area contributed by atoms with Crippen LogP contribution in [0, 0.1) is 6.92 Å². The molecule has 1 fully saturated rings. The Morgan fingerprint density at radius 2 is 1.87 bits per heavy atom. The zero-order chi connectivity index (χ0) is 17.0. The van der Waals surface area contributed by atoms with Crippen LogP contribution in [-0.4, -0.2) is 56.1 Å². The summed E-state index contributed by atoms with van der Waals surface area (Å²) < 4.78 is 0. The number of hydrogen-bond donors (Lipinski definition) is 2. The van der Waals surface area contributed by atoms with Gasteiger partial charge in [-0.1, -0.05) is 17.7 Å². The number of imide groups is 1. The van der Waals surface area contributed by atoms with E-state index in [0.29, 0.717) is 0 Å². The lowest BCUT2D eigenvalue weighted by Gasteiger charge is -2.39. The van der Waals surface area contributed by atoms with Gasteiger partial charge in [-0.15, -0.1) is 0 Å². The molecule has 0 unspecified atom stereocenters. The average molecular weight is 339 g/mol. The molecule has 0 aliphatic carbocycles. The number of hydrogen-bond acceptors (Lipinski definition) is 4. The molecule has 2 rings (SSSR count). The molecule has 126 valence electrons. The Hall–Kier alpha value is -1.79. The van der Waals surface area contributed by atoms with Crippen LogP contribution in [0.15, 0.2) is 18.2 Å². The Bertz CT molecular complexity index is 585. The van der Waals surface area contributed by atoms with Crippen LogP contribution >= 0.6 is 11.6 Å². The monoisotopic (exact) mass is 338 g/mol.